The number of rotatable bonds is 14. The molecule has 7 heteroatoms. The Hall–Kier alpha value is -2.15. The fourth-order valence-electron chi connectivity index (χ4n) is 5.56. The normalized spacial score (nSPS) is 26.5. The molecule has 2 N–H and O–H groups in total. The molecule has 0 aliphatic heterocycles. The zero-order valence-corrected chi connectivity index (χ0v) is 24.6. The smallest absolute Gasteiger partial charge is 0.311 e. The molecule has 2 aliphatic rings. The van der Waals surface area contributed by atoms with Crippen LogP contribution in [0.2, 0.25) is 0 Å². The first-order valence-corrected chi connectivity index (χ1v) is 14.6. The summed E-state index contributed by atoms with van der Waals surface area (Å²) in [7, 11) is 0. The second-order valence-corrected chi connectivity index (χ2v) is 12.1. The van der Waals surface area contributed by atoms with Crippen molar-refractivity contribution < 1.29 is 29.0 Å². The van der Waals surface area contributed by atoms with Gasteiger partial charge < -0.3 is 19.9 Å². The van der Waals surface area contributed by atoms with Crippen LogP contribution in [-0.2, 0) is 23.9 Å². The van der Waals surface area contributed by atoms with E-state index in [9.17, 15) is 19.5 Å². The Morgan fingerprint density at radius 2 is 1.92 bits per heavy atom. The predicted octanol–water partition coefficient (Wildman–Crippen LogP) is 5.51. The molecule has 2 aliphatic carbocycles. The summed E-state index contributed by atoms with van der Waals surface area (Å²) in [5, 5.41) is 13.8. The summed E-state index contributed by atoms with van der Waals surface area (Å²) in [6, 6.07) is 0. The van der Waals surface area contributed by atoms with Gasteiger partial charge >= 0.3 is 11.9 Å². The number of esters is 2. The monoisotopic (exact) mass is 533 g/mol. The van der Waals surface area contributed by atoms with Crippen LogP contribution in [0.1, 0.15) is 99.8 Å². The maximum absolute atomic E-state index is 13.0. The van der Waals surface area contributed by atoms with Crippen molar-refractivity contribution in [2.45, 2.75) is 118 Å². The lowest BCUT2D eigenvalue weighted by molar-refractivity contribution is -0.165. The minimum absolute atomic E-state index is 0.0432. The van der Waals surface area contributed by atoms with E-state index in [2.05, 4.69) is 44.3 Å². The minimum Gasteiger partial charge on any atom is -0.462 e. The second-order valence-electron chi connectivity index (χ2n) is 12.1. The maximum Gasteiger partial charge on any atom is 0.311 e. The lowest BCUT2D eigenvalue weighted by atomic mass is 9.65. The summed E-state index contributed by atoms with van der Waals surface area (Å²) in [6.45, 7) is 14.2. The van der Waals surface area contributed by atoms with Crippen molar-refractivity contribution >= 4 is 17.8 Å². The van der Waals surface area contributed by atoms with E-state index in [-0.39, 0.29) is 48.6 Å². The van der Waals surface area contributed by atoms with Crippen molar-refractivity contribution in [1.82, 2.24) is 5.32 Å². The number of carbonyl (C=O) groups is 3. The standard InChI is InChI=1S/C31H51NO6/c1-8-10-15-32-28(35)19-25(37-22(5)33)18-24(34)13-14-26-21(4)11-12-23-16-20(3)17-27(29(23)26)38-30(36)31(6,7)9-2/h11-12,16,20-21,24-27,29,34H,8-10,13-15,17-19H2,1-7H3,(H,32,35). The third-order valence-electron chi connectivity index (χ3n) is 8.26. The van der Waals surface area contributed by atoms with Gasteiger partial charge in [0, 0.05) is 25.8 Å². The molecule has 0 spiro atoms. The molecule has 216 valence electrons. The van der Waals surface area contributed by atoms with E-state index in [0.717, 1.165) is 25.7 Å². The quantitative estimate of drug-likeness (QED) is 0.226. The molecule has 0 saturated heterocycles. The highest BCUT2D eigenvalue weighted by Crippen LogP contribution is 2.45. The van der Waals surface area contributed by atoms with Crippen molar-refractivity contribution in [3.05, 3.63) is 23.8 Å². The highest BCUT2D eigenvalue weighted by molar-refractivity contribution is 5.77. The fraction of sp³-hybridized carbons (Fsp3) is 0.774. The van der Waals surface area contributed by atoms with Gasteiger partial charge in [-0.1, -0.05) is 52.3 Å². The topological polar surface area (TPSA) is 102 Å². The molecule has 0 fully saturated rings. The number of aliphatic hydroxyl groups is 1. The molecule has 2 rings (SSSR count). The van der Waals surface area contributed by atoms with Crippen LogP contribution >= 0.6 is 0 Å². The van der Waals surface area contributed by atoms with E-state index in [0.29, 0.717) is 25.3 Å². The molecule has 0 aromatic carbocycles. The fourth-order valence-corrected chi connectivity index (χ4v) is 5.56. The van der Waals surface area contributed by atoms with Crippen molar-refractivity contribution in [1.29, 1.82) is 0 Å². The highest BCUT2D eigenvalue weighted by Gasteiger charge is 2.43. The van der Waals surface area contributed by atoms with Gasteiger partial charge in [0.1, 0.15) is 12.2 Å². The number of hydrogen-bond acceptors (Lipinski definition) is 6. The number of allylic oxidation sites excluding steroid dienone is 3. The van der Waals surface area contributed by atoms with Crippen molar-refractivity contribution in [2.24, 2.45) is 29.1 Å². The number of hydrogen-bond donors (Lipinski definition) is 2. The summed E-state index contributed by atoms with van der Waals surface area (Å²) in [4.78, 5) is 36.9. The van der Waals surface area contributed by atoms with Gasteiger partial charge in [-0.05, 0) is 69.3 Å². The van der Waals surface area contributed by atoms with Gasteiger partial charge in [0.2, 0.25) is 5.91 Å². The van der Waals surface area contributed by atoms with Gasteiger partial charge in [0.25, 0.3) is 0 Å². The minimum atomic E-state index is -0.712. The number of fused-ring (bicyclic) bond motifs is 1. The van der Waals surface area contributed by atoms with Gasteiger partial charge in [0.05, 0.1) is 17.9 Å². The largest absolute Gasteiger partial charge is 0.462 e. The van der Waals surface area contributed by atoms with E-state index >= 15 is 0 Å². The Morgan fingerprint density at radius 1 is 1.21 bits per heavy atom. The molecular formula is C31H51NO6. The van der Waals surface area contributed by atoms with Gasteiger partial charge in [0.15, 0.2) is 0 Å². The number of aliphatic hydroxyl groups excluding tert-OH is 1. The third-order valence-corrected chi connectivity index (χ3v) is 8.26. The van der Waals surface area contributed by atoms with E-state index in [4.69, 9.17) is 9.47 Å². The first kappa shape index (κ1) is 32.1. The van der Waals surface area contributed by atoms with Crippen LogP contribution in [0.15, 0.2) is 23.8 Å². The number of ether oxygens (including phenoxy) is 2. The molecule has 0 radical (unpaired) electrons. The van der Waals surface area contributed by atoms with Crippen LogP contribution < -0.4 is 5.32 Å². The van der Waals surface area contributed by atoms with Crippen LogP contribution in [0.25, 0.3) is 0 Å². The SMILES string of the molecule is CCCCNC(=O)CC(CC(O)CCC1C(C)C=CC2=CC(C)CC(OC(=O)C(C)(C)CC)C21)OC(C)=O. The molecular weight excluding hydrogens is 482 g/mol. The molecule has 1 amide bonds. The first-order chi connectivity index (χ1) is 17.9. The Balaban J connectivity index is 2.08. The summed E-state index contributed by atoms with van der Waals surface area (Å²) in [6.07, 6.45) is 10.0. The van der Waals surface area contributed by atoms with Crippen LogP contribution in [-0.4, -0.2) is 47.8 Å². The van der Waals surface area contributed by atoms with E-state index < -0.39 is 23.6 Å². The van der Waals surface area contributed by atoms with Crippen molar-refractivity contribution in [3.8, 4) is 0 Å². The molecule has 7 unspecified atom stereocenters. The average Bonchev–Trinajstić information content (AvgIpc) is 2.83. The summed E-state index contributed by atoms with van der Waals surface area (Å²) >= 11 is 0. The summed E-state index contributed by atoms with van der Waals surface area (Å²) in [5.41, 5.74) is 0.691. The van der Waals surface area contributed by atoms with Gasteiger partial charge in [-0.15, -0.1) is 0 Å². The molecule has 0 heterocycles. The molecule has 7 atom stereocenters. The van der Waals surface area contributed by atoms with Crippen LogP contribution in [0, 0.1) is 29.1 Å². The van der Waals surface area contributed by atoms with Crippen LogP contribution in [0.3, 0.4) is 0 Å². The lowest BCUT2D eigenvalue weighted by Crippen LogP contribution is -2.43. The lowest BCUT2D eigenvalue weighted by Gasteiger charge is -2.44. The Bertz CT molecular complexity index is 862. The number of carbonyl (C=O) groups excluding carboxylic acids is 3. The second kappa shape index (κ2) is 14.9. The van der Waals surface area contributed by atoms with Crippen LogP contribution in [0.4, 0.5) is 0 Å². The van der Waals surface area contributed by atoms with Gasteiger partial charge in [-0.25, -0.2) is 0 Å². The van der Waals surface area contributed by atoms with Crippen molar-refractivity contribution in [3.63, 3.8) is 0 Å². The molecule has 0 saturated carbocycles. The third kappa shape index (κ3) is 9.55. The molecule has 38 heavy (non-hydrogen) atoms. The van der Waals surface area contributed by atoms with Gasteiger partial charge in [-0.3, -0.25) is 14.4 Å². The Kier molecular flexibility index (Phi) is 12.5. The Morgan fingerprint density at radius 3 is 2.55 bits per heavy atom. The van der Waals surface area contributed by atoms with E-state index in [1.807, 2.05) is 20.8 Å². The molecule has 7 nitrogen and oxygen atoms in total. The van der Waals surface area contributed by atoms with Crippen LogP contribution in [0.5, 0.6) is 0 Å². The predicted molar refractivity (Wildman–Crippen MR) is 149 cm³/mol. The number of nitrogens with one attached hydrogen (secondary N) is 1. The average molecular weight is 534 g/mol. The molecule has 0 aromatic rings. The highest BCUT2D eigenvalue weighted by atomic mass is 16.5. The number of unbranched alkanes of at least 4 members (excludes halogenated alkanes) is 1. The zero-order chi connectivity index (χ0) is 28.5. The van der Waals surface area contributed by atoms with Crippen molar-refractivity contribution in [2.75, 3.05) is 6.54 Å². The van der Waals surface area contributed by atoms with E-state index in [1.165, 1.54) is 12.5 Å². The molecule has 0 bridgehead atoms. The van der Waals surface area contributed by atoms with Gasteiger partial charge in [-0.2, -0.15) is 0 Å². The number of amides is 1. The Labute approximate surface area is 229 Å². The molecule has 0 aromatic heterocycles. The summed E-state index contributed by atoms with van der Waals surface area (Å²) in [5.74, 6) is 0.104. The maximum atomic E-state index is 13.0. The zero-order valence-electron chi connectivity index (χ0n) is 24.6. The van der Waals surface area contributed by atoms with E-state index in [1.54, 1.807) is 0 Å². The first-order valence-electron chi connectivity index (χ1n) is 14.6. The summed E-state index contributed by atoms with van der Waals surface area (Å²) < 4.78 is 11.6.